The maximum Gasteiger partial charge on any atom is 0.196 e. The molecule has 0 aliphatic carbocycles. The van der Waals surface area contributed by atoms with Crippen LogP contribution in [0.1, 0.15) is 11.8 Å². The minimum Gasteiger partial charge on any atom is -0.464 e. The van der Waals surface area contributed by atoms with Gasteiger partial charge in [-0.25, -0.2) is 15.0 Å². The van der Waals surface area contributed by atoms with E-state index in [1.807, 2.05) is 18.2 Å². The van der Waals surface area contributed by atoms with Gasteiger partial charge in [0.25, 0.3) is 0 Å². The number of nitrogens with zero attached hydrogens (tertiary/aromatic N) is 3. The van der Waals surface area contributed by atoms with Gasteiger partial charge in [0.05, 0.1) is 5.69 Å². The Labute approximate surface area is 337 Å². The first kappa shape index (κ1) is 32.8. The fourth-order valence-electron chi connectivity index (χ4n) is 8.56. The summed E-state index contributed by atoms with van der Waals surface area (Å²) in [4.78, 5) is 15.6. The summed E-state index contributed by atoms with van der Waals surface area (Å²) in [6, 6.07) is 63.9. The van der Waals surface area contributed by atoms with Crippen molar-refractivity contribution in [2.24, 2.45) is 0 Å². The molecular formula is C52H32N4OS. The Morgan fingerprint density at radius 3 is 1.91 bits per heavy atom. The Morgan fingerprint density at radius 1 is 0.431 bits per heavy atom. The van der Waals surface area contributed by atoms with Gasteiger partial charge in [0.1, 0.15) is 0 Å². The van der Waals surface area contributed by atoms with Crippen LogP contribution < -0.4 is 10.1 Å². The normalized spacial score (nSPS) is 13.6. The molecule has 0 saturated carbocycles. The highest BCUT2D eigenvalue weighted by Gasteiger charge is 2.28. The van der Waals surface area contributed by atoms with Crippen LogP contribution in [0.2, 0.25) is 0 Å². The third kappa shape index (κ3) is 5.26. The van der Waals surface area contributed by atoms with Crippen LogP contribution in [0.25, 0.3) is 97.8 Å². The largest absolute Gasteiger partial charge is 0.464 e. The number of ether oxygens (including phenoxy) is 1. The first-order valence-electron chi connectivity index (χ1n) is 19.5. The fraction of sp³-hybridized carbons (Fsp3) is 0.0192. The van der Waals surface area contributed by atoms with Crippen molar-refractivity contribution < 1.29 is 4.74 Å². The van der Waals surface area contributed by atoms with E-state index in [1.54, 1.807) is 11.3 Å². The van der Waals surface area contributed by atoms with E-state index in [0.717, 1.165) is 71.7 Å². The molecule has 0 fully saturated rings. The summed E-state index contributed by atoms with van der Waals surface area (Å²) in [6.07, 6.45) is -0.243. The third-order valence-corrected chi connectivity index (χ3v) is 12.6. The second-order valence-corrected chi connectivity index (χ2v) is 15.8. The van der Waals surface area contributed by atoms with Crippen LogP contribution in [-0.4, -0.2) is 15.0 Å². The number of rotatable bonds is 5. The van der Waals surface area contributed by atoms with Crippen molar-refractivity contribution >= 4 is 69.5 Å². The molecule has 3 heterocycles. The van der Waals surface area contributed by atoms with Gasteiger partial charge in [-0.15, -0.1) is 11.3 Å². The predicted molar refractivity (Wildman–Crippen MR) is 240 cm³/mol. The van der Waals surface area contributed by atoms with Crippen molar-refractivity contribution in [1.29, 1.82) is 0 Å². The molecule has 58 heavy (non-hydrogen) atoms. The van der Waals surface area contributed by atoms with Crippen molar-refractivity contribution in [3.63, 3.8) is 0 Å². The van der Waals surface area contributed by atoms with Crippen LogP contribution in [0.3, 0.4) is 0 Å². The Bertz CT molecular complexity index is 3410. The Kier molecular flexibility index (Phi) is 7.40. The molecule has 1 unspecified atom stereocenters. The number of nitrogens with one attached hydrogen (secondary N) is 1. The molecule has 0 bridgehead atoms. The lowest BCUT2D eigenvalue weighted by Crippen LogP contribution is -2.09. The van der Waals surface area contributed by atoms with Gasteiger partial charge in [0, 0.05) is 53.2 Å². The van der Waals surface area contributed by atoms with E-state index in [4.69, 9.17) is 19.7 Å². The highest BCUT2D eigenvalue weighted by atomic mass is 32.1. The molecule has 6 heteroatoms. The number of thiophene rings is 1. The zero-order valence-electron chi connectivity index (χ0n) is 31.1. The van der Waals surface area contributed by atoms with E-state index >= 15 is 0 Å². The monoisotopic (exact) mass is 760 g/mol. The van der Waals surface area contributed by atoms with Crippen molar-refractivity contribution in [3.05, 3.63) is 188 Å². The Morgan fingerprint density at radius 2 is 1.05 bits per heavy atom. The summed E-state index contributed by atoms with van der Waals surface area (Å²) in [5.74, 6) is 2.84. The van der Waals surface area contributed by atoms with Gasteiger partial charge in [-0.05, 0) is 56.9 Å². The smallest absolute Gasteiger partial charge is 0.196 e. The average Bonchev–Trinajstić information content (AvgIpc) is 3.92. The fourth-order valence-corrected chi connectivity index (χ4v) is 9.77. The van der Waals surface area contributed by atoms with Crippen LogP contribution in [0.5, 0.6) is 5.75 Å². The molecule has 0 radical (unpaired) electrons. The van der Waals surface area contributed by atoms with E-state index in [9.17, 15) is 0 Å². The second kappa shape index (κ2) is 13.1. The molecule has 2 aromatic heterocycles. The first-order chi connectivity index (χ1) is 28.7. The van der Waals surface area contributed by atoms with Crippen LogP contribution in [0, 0.1) is 0 Å². The van der Waals surface area contributed by atoms with Crippen LogP contribution in [0.15, 0.2) is 182 Å². The molecule has 1 aliphatic rings. The van der Waals surface area contributed by atoms with Gasteiger partial charge >= 0.3 is 0 Å². The summed E-state index contributed by atoms with van der Waals surface area (Å²) in [5.41, 5.74) is 7.27. The van der Waals surface area contributed by atoms with E-state index in [2.05, 4.69) is 169 Å². The van der Waals surface area contributed by atoms with Crippen LogP contribution >= 0.6 is 11.3 Å². The van der Waals surface area contributed by atoms with Gasteiger partial charge in [-0.2, -0.15) is 0 Å². The Balaban J connectivity index is 0.975. The quantitative estimate of drug-likeness (QED) is 0.177. The lowest BCUT2D eigenvalue weighted by Gasteiger charge is -2.13. The summed E-state index contributed by atoms with van der Waals surface area (Å²) < 4.78 is 9.06. The summed E-state index contributed by atoms with van der Waals surface area (Å²) >= 11 is 1.78. The summed E-state index contributed by atoms with van der Waals surface area (Å²) in [5, 5.41) is 13.0. The highest BCUT2D eigenvalue weighted by molar-refractivity contribution is 7.26. The standard InChI is InChI=1S/C52H32N4OS/c1-2-13-34(14-3-1)52-53-46-39-19-7-6-17-37(39)44-30-35(28-29-40(44)47(46)57-52)31-24-26-33(27-25-31)49-54-50(42-21-10-15-32-12-4-5-16-36(32)42)56-51(55-49)43-22-11-20-41-38-18-8-9-23-45(38)58-48(41)43/h1-30,52-53H. The maximum atomic E-state index is 6.64. The molecular weight excluding hydrogens is 729 g/mol. The zero-order valence-corrected chi connectivity index (χ0v) is 31.9. The SMILES string of the molecule is c1ccc(C2Nc3c(c4ccc(-c5ccc(-c6nc(-c7cccc8ccccc78)nc(-c7cccc8c7sc7ccccc78)n6)cc5)cc4c4ccccc34)O2)cc1. The molecule has 0 saturated heterocycles. The van der Waals surface area contributed by atoms with Crippen molar-refractivity contribution in [2.75, 3.05) is 5.32 Å². The number of hydrogen-bond donors (Lipinski definition) is 1. The van der Waals surface area contributed by atoms with Crippen molar-refractivity contribution in [2.45, 2.75) is 6.23 Å². The van der Waals surface area contributed by atoms with Gasteiger partial charge in [0.2, 0.25) is 0 Å². The molecule has 0 amide bonds. The number of aromatic nitrogens is 3. The van der Waals surface area contributed by atoms with E-state index in [1.165, 1.54) is 25.6 Å². The van der Waals surface area contributed by atoms with Crippen molar-refractivity contribution in [1.82, 2.24) is 15.0 Å². The molecule has 9 aromatic carbocycles. The molecule has 11 aromatic rings. The van der Waals surface area contributed by atoms with E-state index < -0.39 is 0 Å². The zero-order chi connectivity index (χ0) is 38.2. The van der Waals surface area contributed by atoms with Crippen LogP contribution in [-0.2, 0) is 0 Å². The molecule has 272 valence electrons. The topological polar surface area (TPSA) is 59.9 Å². The van der Waals surface area contributed by atoms with Gasteiger partial charge in [0.15, 0.2) is 29.5 Å². The van der Waals surface area contributed by atoms with Crippen LogP contribution in [0.4, 0.5) is 5.69 Å². The number of benzene rings is 9. The maximum absolute atomic E-state index is 6.64. The molecule has 1 atom stereocenters. The average molecular weight is 761 g/mol. The van der Waals surface area contributed by atoms with Gasteiger partial charge in [-0.3, -0.25) is 0 Å². The van der Waals surface area contributed by atoms with E-state index in [-0.39, 0.29) is 6.23 Å². The van der Waals surface area contributed by atoms with Gasteiger partial charge < -0.3 is 10.1 Å². The Hall–Kier alpha value is -7.41. The molecule has 0 spiro atoms. The minimum atomic E-state index is -0.243. The summed E-state index contributed by atoms with van der Waals surface area (Å²) in [6.45, 7) is 0. The highest BCUT2D eigenvalue weighted by Crippen LogP contribution is 2.49. The lowest BCUT2D eigenvalue weighted by molar-refractivity contribution is 0.262. The number of hydrogen-bond acceptors (Lipinski definition) is 6. The molecule has 12 rings (SSSR count). The lowest BCUT2D eigenvalue weighted by atomic mass is 9.95. The van der Waals surface area contributed by atoms with Gasteiger partial charge in [-0.1, -0.05) is 158 Å². The molecule has 5 nitrogen and oxygen atoms in total. The number of anilines is 1. The summed E-state index contributed by atoms with van der Waals surface area (Å²) in [7, 11) is 0. The minimum absolute atomic E-state index is 0.243. The predicted octanol–water partition coefficient (Wildman–Crippen LogP) is 13.9. The van der Waals surface area contributed by atoms with E-state index in [0.29, 0.717) is 17.5 Å². The second-order valence-electron chi connectivity index (χ2n) is 14.8. The first-order valence-corrected chi connectivity index (χ1v) is 20.3. The number of fused-ring (bicyclic) bond motifs is 10. The van der Waals surface area contributed by atoms with Crippen molar-refractivity contribution in [3.8, 4) is 51.0 Å². The molecule has 1 N–H and O–H groups in total. The third-order valence-electron chi connectivity index (χ3n) is 11.4. The molecule has 1 aliphatic heterocycles.